The Balaban J connectivity index is 1.70. The summed E-state index contributed by atoms with van der Waals surface area (Å²) in [6.07, 6.45) is 3.41. The molecular weight excluding hydrogens is 324 g/mol. The summed E-state index contributed by atoms with van der Waals surface area (Å²) in [4.78, 5) is 2.49. The Labute approximate surface area is 156 Å². The maximum Gasteiger partial charge on any atom is 0.124 e. The van der Waals surface area contributed by atoms with E-state index in [1.807, 2.05) is 42.5 Å². The molecule has 0 bridgehead atoms. The summed E-state index contributed by atoms with van der Waals surface area (Å²) in [5.74, 6) is 1.06. The van der Waals surface area contributed by atoms with Gasteiger partial charge in [-0.05, 0) is 18.1 Å². The third kappa shape index (κ3) is 4.99. The van der Waals surface area contributed by atoms with E-state index in [1.165, 1.54) is 12.8 Å². The summed E-state index contributed by atoms with van der Waals surface area (Å²) in [6, 6.07) is 16.2. The van der Waals surface area contributed by atoms with E-state index in [9.17, 15) is 5.11 Å². The number of aromatic hydroxyl groups is 1. The first-order chi connectivity index (χ1) is 12.8. The number of phenols is 1. The van der Waals surface area contributed by atoms with Gasteiger partial charge in [-0.2, -0.15) is 0 Å². The maximum absolute atomic E-state index is 10.7. The molecule has 1 atom stereocenters. The zero-order valence-electron chi connectivity index (χ0n) is 15.7. The van der Waals surface area contributed by atoms with Gasteiger partial charge in [0, 0.05) is 43.9 Å². The Hall–Kier alpha value is -2.04. The van der Waals surface area contributed by atoms with Crippen LogP contribution in [0.1, 0.15) is 43.4 Å². The van der Waals surface area contributed by atoms with E-state index >= 15 is 0 Å². The molecule has 2 aromatic carbocycles. The lowest BCUT2D eigenvalue weighted by molar-refractivity contribution is 0.160. The number of hydrogen-bond acceptors (Lipinski definition) is 4. The van der Waals surface area contributed by atoms with Crippen LogP contribution in [0.25, 0.3) is 0 Å². The molecule has 0 radical (unpaired) electrons. The van der Waals surface area contributed by atoms with Crippen LogP contribution >= 0.6 is 0 Å². The summed E-state index contributed by atoms with van der Waals surface area (Å²) in [5.41, 5.74) is 2.14. The fraction of sp³-hybridized carbons (Fsp3) is 0.455. The molecule has 1 saturated heterocycles. The van der Waals surface area contributed by atoms with Gasteiger partial charge in [0.2, 0.25) is 0 Å². The van der Waals surface area contributed by atoms with E-state index in [2.05, 4.69) is 17.1 Å². The zero-order chi connectivity index (χ0) is 18.2. The molecule has 140 valence electrons. The van der Waals surface area contributed by atoms with Gasteiger partial charge in [0.05, 0.1) is 0 Å². The van der Waals surface area contributed by atoms with Gasteiger partial charge >= 0.3 is 0 Å². The van der Waals surface area contributed by atoms with Crippen molar-refractivity contribution in [2.45, 2.75) is 38.8 Å². The van der Waals surface area contributed by atoms with Gasteiger partial charge < -0.3 is 15.2 Å². The molecule has 0 saturated carbocycles. The molecule has 0 aliphatic carbocycles. The van der Waals surface area contributed by atoms with Crippen LogP contribution in [0.2, 0.25) is 0 Å². The molecule has 0 amide bonds. The van der Waals surface area contributed by atoms with E-state index in [0.717, 1.165) is 43.7 Å². The molecule has 1 aliphatic heterocycles. The van der Waals surface area contributed by atoms with E-state index in [4.69, 9.17) is 4.74 Å². The Kier molecular flexibility index (Phi) is 6.92. The number of unbranched alkanes of at least 4 members (excludes halogenated alkanes) is 1. The van der Waals surface area contributed by atoms with Gasteiger partial charge in [-0.15, -0.1) is 0 Å². The second kappa shape index (κ2) is 9.60. The van der Waals surface area contributed by atoms with Crippen LogP contribution in [0.3, 0.4) is 0 Å². The largest absolute Gasteiger partial charge is 0.507 e. The highest BCUT2D eigenvalue weighted by Gasteiger charge is 2.24. The quantitative estimate of drug-likeness (QED) is 0.749. The Morgan fingerprint density at radius 1 is 1.12 bits per heavy atom. The van der Waals surface area contributed by atoms with E-state index < -0.39 is 0 Å². The van der Waals surface area contributed by atoms with Crippen molar-refractivity contribution in [2.24, 2.45) is 0 Å². The first-order valence-corrected chi connectivity index (χ1v) is 9.72. The number of phenolic OH excluding ortho intramolecular Hbond substituents is 1. The number of nitrogens with zero attached hydrogens (tertiary/aromatic N) is 1. The molecule has 1 fully saturated rings. The average Bonchev–Trinajstić information content (AvgIpc) is 2.69. The monoisotopic (exact) mass is 354 g/mol. The minimum atomic E-state index is 0.278. The molecule has 4 heteroatoms. The lowest BCUT2D eigenvalue weighted by atomic mass is 9.97. The number of nitrogens with one attached hydrogen (secondary N) is 1. The van der Waals surface area contributed by atoms with Crippen LogP contribution in [0.15, 0.2) is 48.5 Å². The molecule has 2 aromatic rings. The Bertz CT molecular complexity index is 669. The first-order valence-electron chi connectivity index (χ1n) is 9.72. The van der Waals surface area contributed by atoms with Gasteiger partial charge in [0.15, 0.2) is 0 Å². The van der Waals surface area contributed by atoms with Gasteiger partial charge in [-0.1, -0.05) is 56.2 Å². The number of benzene rings is 2. The summed E-state index contributed by atoms with van der Waals surface area (Å²) in [5, 5.41) is 14.1. The molecule has 3 rings (SSSR count). The highest BCUT2D eigenvalue weighted by molar-refractivity contribution is 5.41. The van der Waals surface area contributed by atoms with Crippen molar-refractivity contribution in [2.75, 3.05) is 26.2 Å². The SMILES string of the molecule is CCCC[C@@H](c1ccc(OCc2ccccc2)cc1O)N1CCNCC1. The summed E-state index contributed by atoms with van der Waals surface area (Å²) in [7, 11) is 0. The standard InChI is InChI=1S/C22H30N2O2/c1-2-3-9-21(24-14-12-23-13-15-24)20-11-10-19(16-22(20)25)26-17-18-7-5-4-6-8-18/h4-8,10-11,16,21,23,25H,2-3,9,12-15,17H2,1H3/t21-/m0/s1. The molecular formula is C22H30N2O2. The summed E-state index contributed by atoms with van der Waals surface area (Å²) >= 11 is 0. The number of ether oxygens (including phenoxy) is 1. The maximum atomic E-state index is 10.7. The smallest absolute Gasteiger partial charge is 0.124 e. The second-order valence-corrected chi connectivity index (χ2v) is 6.94. The van der Waals surface area contributed by atoms with Crippen LogP contribution in [0.4, 0.5) is 0 Å². The average molecular weight is 354 g/mol. The molecule has 0 spiro atoms. The normalized spacial score (nSPS) is 16.3. The number of hydrogen-bond donors (Lipinski definition) is 2. The van der Waals surface area contributed by atoms with Crippen molar-refractivity contribution in [1.82, 2.24) is 10.2 Å². The lowest BCUT2D eigenvalue weighted by Gasteiger charge is -2.35. The first kappa shape index (κ1) is 18.7. The summed E-state index contributed by atoms with van der Waals surface area (Å²) < 4.78 is 5.85. The van der Waals surface area contributed by atoms with Crippen LogP contribution in [0, 0.1) is 0 Å². The van der Waals surface area contributed by atoms with Crippen molar-refractivity contribution in [3.05, 3.63) is 59.7 Å². The minimum absolute atomic E-state index is 0.278. The summed E-state index contributed by atoms with van der Waals surface area (Å²) in [6.45, 7) is 6.81. The van der Waals surface area contributed by atoms with Gasteiger partial charge in [0.25, 0.3) is 0 Å². The molecule has 2 N–H and O–H groups in total. The van der Waals surface area contributed by atoms with E-state index in [-0.39, 0.29) is 6.04 Å². The van der Waals surface area contributed by atoms with Gasteiger partial charge in [0.1, 0.15) is 18.1 Å². The third-order valence-electron chi connectivity index (χ3n) is 5.03. The number of rotatable bonds is 8. The van der Waals surface area contributed by atoms with Crippen LogP contribution in [-0.4, -0.2) is 36.2 Å². The Morgan fingerprint density at radius 2 is 1.88 bits per heavy atom. The van der Waals surface area contributed by atoms with Crippen molar-refractivity contribution >= 4 is 0 Å². The topological polar surface area (TPSA) is 44.7 Å². The van der Waals surface area contributed by atoms with Crippen LogP contribution < -0.4 is 10.1 Å². The van der Waals surface area contributed by atoms with E-state index in [0.29, 0.717) is 18.1 Å². The number of piperazine rings is 1. The second-order valence-electron chi connectivity index (χ2n) is 6.94. The molecule has 4 nitrogen and oxygen atoms in total. The molecule has 26 heavy (non-hydrogen) atoms. The van der Waals surface area contributed by atoms with Crippen molar-refractivity contribution in [3.63, 3.8) is 0 Å². The molecule has 1 heterocycles. The highest BCUT2D eigenvalue weighted by Crippen LogP contribution is 2.35. The van der Waals surface area contributed by atoms with E-state index in [1.54, 1.807) is 6.07 Å². The van der Waals surface area contributed by atoms with Crippen LogP contribution in [0.5, 0.6) is 11.5 Å². The van der Waals surface area contributed by atoms with Gasteiger partial charge in [-0.3, -0.25) is 4.90 Å². The van der Waals surface area contributed by atoms with Crippen molar-refractivity contribution in [3.8, 4) is 11.5 Å². The predicted molar refractivity (Wildman–Crippen MR) is 106 cm³/mol. The van der Waals surface area contributed by atoms with Crippen molar-refractivity contribution in [1.29, 1.82) is 0 Å². The fourth-order valence-electron chi connectivity index (χ4n) is 3.56. The van der Waals surface area contributed by atoms with Crippen LogP contribution in [-0.2, 0) is 6.61 Å². The predicted octanol–water partition coefficient (Wildman–Crippen LogP) is 4.11. The highest BCUT2D eigenvalue weighted by atomic mass is 16.5. The lowest BCUT2D eigenvalue weighted by Crippen LogP contribution is -2.45. The molecule has 1 aliphatic rings. The fourth-order valence-corrected chi connectivity index (χ4v) is 3.56. The van der Waals surface area contributed by atoms with Gasteiger partial charge in [-0.25, -0.2) is 0 Å². The third-order valence-corrected chi connectivity index (χ3v) is 5.03. The Morgan fingerprint density at radius 3 is 2.58 bits per heavy atom. The molecule has 0 aromatic heterocycles. The zero-order valence-corrected chi connectivity index (χ0v) is 15.7. The van der Waals surface area contributed by atoms with Crippen molar-refractivity contribution < 1.29 is 9.84 Å². The molecule has 0 unspecified atom stereocenters. The minimum Gasteiger partial charge on any atom is -0.507 e.